The van der Waals surface area contributed by atoms with Crippen molar-refractivity contribution in [2.75, 3.05) is 11.5 Å². The van der Waals surface area contributed by atoms with Crippen LogP contribution in [-0.2, 0) is 13.7 Å². The molecule has 0 unspecified atom stereocenters. The predicted molar refractivity (Wildman–Crippen MR) is 128 cm³/mol. The fourth-order valence-electron chi connectivity index (χ4n) is 5.03. The fraction of sp³-hybridized carbons (Fsp3) is 0.708. The molecule has 1 heterocycles. The van der Waals surface area contributed by atoms with Gasteiger partial charge in [0.15, 0.2) is 5.78 Å². The fourth-order valence-corrected chi connectivity index (χ4v) is 11.4. The van der Waals surface area contributed by atoms with Crippen LogP contribution in [0.25, 0.3) is 0 Å². The Labute approximate surface area is 222 Å². The molecule has 1 aliphatic heterocycles. The van der Waals surface area contributed by atoms with Crippen molar-refractivity contribution in [2.24, 2.45) is 0 Å². The second-order valence-corrected chi connectivity index (χ2v) is 15.8. The third-order valence-electron chi connectivity index (χ3n) is 7.57. The van der Waals surface area contributed by atoms with Gasteiger partial charge in [-0.05, 0) is 51.0 Å². The van der Waals surface area contributed by atoms with Gasteiger partial charge < -0.3 is 0 Å². The topological polar surface area (TPSA) is 60.4 Å². The highest BCUT2D eigenvalue weighted by molar-refractivity contribution is 8.34. The van der Waals surface area contributed by atoms with Crippen LogP contribution in [0.1, 0.15) is 80.6 Å². The van der Waals surface area contributed by atoms with Gasteiger partial charge in [0.05, 0.1) is 4.75 Å². The van der Waals surface area contributed by atoms with Gasteiger partial charge in [-0.1, -0.05) is 43.5 Å². The zero-order valence-corrected chi connectivity index (χ0v) is 22.7. The minimum atomic E-state index is -7.40. The molecular formula is C24H29F9O4S2. The molecule has 39 heavy (non-hydrogen) atoms. The van der Waals surface area contributed by atoms with Gasteiger partial charge in [0.25, 0.3) is 0 Å². The molecule has 0 spiro atoms. The summed E-state index contributed by atoms with van der Waals surface area (Å²) in [5, 5.41) is -6.97. The molecule has 1 saturated heterocycles. The summed E-state index contributed by atoms with van der Waals surface area (Å²) in [7, 11) is -10.7. The van der Waals surface area contributed by atoms with Crippen LogP contribution in [0.5, 0.6) is 0 Å². The number of carbonyl (C=O) groups excluding carboxylic acids is 1. The highest BCUT2D eigenvalue weighted by Crippen LogP contribution is 2.68. The average Bonchev–Trinajstić information content (AvgIpc) is 3.32. The molecule has 0 radical (unpaired) electrons. The van der Waals surface area contributed by atoms with Crippen molar-refractivity contribution in [3.8, 4) is 0 Å². The molecule has 0 aromatic heterocycles. The van der Waals surface area contributed by atoms with E-state index in [0.29, 0.717) is 0 Å². The molecular weight excluding hydrogens is 587 g/mol. The Bertz CT molecular complexity index is 1150. The number of halogens is 9. The number of hydrogen-bond acceptors (Lipinski definition) is 4. The Balaban J connectivity index is 1.95. The molecule has 2 aliphatic rings. The minimum absolute atomic E-state index is 0.0556. The maximum Gasteiger partial charge on any atom is 0.460 e. The summed E-state index contributed by atoms with van der Waals surface area (Å²) in [6.45, 7) is 2.34. The molecule has 224 valence electrons. The maximum atomic E-state index is 14.4. The van der Waals surface area contributed by atoms with E-state index in [1.165, 1.54) is 26.0 Å². The zero-order chi connectivity index (χ0) is 29.7. The van der Waals surface area contributed by atoms with Gasteiger partial charge in [-0.25, -0.2) is 3.63 Å². The van der Waals surface area contributed by atoms with E-state index in [1.807, 2.05) is 0 Å². The van der Waals surface area contributed by atoms with E-state index < -0.39 is 54.2 Å². The number of carbonyl (C=O) groups is 1. The molecule has 1 aromatic rings. The van der Waals surface area contributed by atoms with Crippen molar-refractivity contribution in [3.05, 3.63) is 35.4 Å². The lowest BCUT2D eigenvalue weighted by molar-refractivity contribution is -0.382. The summed E-state index contributed by atoms with van der Waals surface area (Å²) >= 11 is 0. The lowest BCUT2D eigenvalue weighted by Crippen LogP contribution is -2.63. The van der Waals surface area contributed by atoms with Gasteiger partial charge in [0.2, 0.25) is 0 Å². The van der Waals surface area contributed by atoms with Crippen LogP contribution in [0.3, 0.4) is 0 Å². The van der Waals surface area contributed by atoms with Gasteiger partial charge in [0, 0.05) is 17.1 Å². The number of alkyl halides is 9. The number of benzene rings is 1. The van der Waals surface area contributed by atoms with Crippen LogP contribution >= 0.6 is 10.3 Å². The summed E-state index contributed by atoms with van der Waals surface area (Å²) in [4.78, 5) is 13.5. The Kier molecular flexibility index (Phi) is 8.55. The van der Waals surface area contributed by atoms with E-state index in [4.69, 9.17) is 0 Å². The minimum Gasteiger partial charge on any atom is -0.293 e. The Morgan fingerprint density at radius 3 is 1.74 bits per heavy atom. The number of rotatable bonds is 9. The highest BCUT2D eigenvalue weighted by atomic mass is 32.3. The van der Waals surface area contributed by atoms with Crippen LogP contribution in [0.15, 0.2) is 24.3 Å². The first-order valence-electron chi connectivity index (χ1n) is 12.2. The Morgan fingerprint density at radius 2 is 1.28 bits per heavy atom. The van der Waals surface area contributed by atoms with Gasteiger partial charge in [-0.2, -0.15) is 47.9 Å². The first kappa shape index (κ1) is 32.0. The largest absolute Gasteiger partial charge is 0.460 e. The molecule has 2 fully saturated rings. The number of ketones is 1. The van der Waals surface area contributed by atoms with E-state index in [0.717, 1.165) is 37.7 Å². The summed E-state index contributed by atoms with van der Waals surface area (Å²) in [6.07, 6.45) is -1.79. The predicted octanol–water partition coefficient (Wildman–Crippen LogP) is 7.98. The van der Waals surface area contributed by atoms with E-state index in [2.05, 4.69) is 3.63 Å². The maximum absolute atomic E-state index is 14.4. The van der Waals surface area contributed by atoms with Crippen molar-refractivity contribution >= 4 is 26.2 Å². The van der Waals surface area contributed by atoms with Gasteiger partial charge in [-0.15, -0.1) is 10.3 Å². The summed E-state index contributed by atoms with van der Waals surface area (Å²) < 4.78 is 149. The summed E-state index contributed by atoms with van der Waals surface area (Å²) in [6, 6.07) is 6.36. The summed E-state index contributed by atoms with van der Waals surface area (Å²) in [5.74, 6) is -16.0. The molecule has 0 amide bonds. The van der Waals surface area contributed by atoms with Gasteiger partial charge in [-0.3, -0.25) is 4.79 Å². The van der Waals surface area contributed by atoms with Crippen molar-refractivity contribution in [2.45, 2.75) is 92.7 Å². The first-order valence-corrected chi connectivity index (χ1v) is 15.5. The molecule has 0 atom stereocenters. The molecule has 1 aliphatic carbocycles. The SMILES string of the molecule is CC(C)(C(=O)c1ccc(C2CCCCC2)cc1)S1(OS(=O)(=O)C(F)(F)C(F)(F)C(F)(F)C(F)(F)F)CCCC1. The van der Waals surface area contributed by atoms with Crippen molar-refractivity contribution in [1.82, 2.24) is 0 Å². The van der Waals surface area contributed by atoms with Crippen molar-refractivity contribution < 1.29 is 56.4 Å². The Hall–Kier alpha value is -1.48. The number of Topliss-reactive ketones (excluding diaryl/α,β-unsaturated/α-hetero) is 1. The van der Waals surface area contributed by atoms with Crippen LogP contribution in [0.4, 0.5) is 39.5 Å². The standard InChI is InChI=1S/C24H29F9O4S2/c1-20(2,19(34)18-12-10-17(11-13-18)16-8-4-3-5-9-16)38(14-6-7-15-38)37-39(35,36)24(32,33)22(27,28)21(25,26)23(29,30)31/h10-13,16H,3-9,14-15H2,1-2H3. The van der Waals surface area contributed by atoms with E-state index in [-0.39, 0.29) is 35.8 Å². The molecule has 1 aromatic carbocycles. The molecule has 0 bridgehead atoms. The molecule has 15 heteroatoms. The van der Waals surface area contributed by atoms with Gasteiger partial charge in [0.1, 0.15) is 0 Å². The quantitative estimate of drug-likeness (QED) is 0.209. The smallest absolute Gasteiger partial charge is 0.293 e. The zero-order valence-electron chi connectivity index (χ0n) is 21.1. The van der Waals surface area contributed by atoms with Crippen LogP contribution in [0.2, 0.25) is 0 Å². The second kappa shape index (κ2) is 10.4. The normalized spacial score (nSPS) is 21.1. The Morgan fingerprint density at radius 1 is 0.795 bits per heavy atom. The van der Waals surface area contributed by atoms with E-state index >= 15 is 0 Å². The van der Waals surface area contributed by atoms with Gasteiger partial charge >= 0.3 is 33.4 Å². The van der Waals surface area contributed by atoms with Crippen molar-refractivity contribution in [3.63, 3.8) is 0 Å². The third-order valence-corrected chi connectivity index (χ3v) is 14.2. The van der Waals surface area contributed by atoms with Crippen LogP contribution < -0.4 is 0 Å². The van der Waals surface area contributed by atoms with E-state index in [1.54, 1.807) is 12.1 Å². The first-order chi connectivity index (χ1) is 17.6. The highest BCUT2D eigenvalue weighted by Gasteiger charge is 2.86. The molecule has 4 nitrogen and oxygen atoms in total. The van der Waals surface area contributed by atoms with Crippen molar-refractivity contribution in [1.29, 1.82) is 0 Å². The molecule has 1 saturated carbocycles. The van der Waals surface area contributed by atoms with E-state index in [9.17, 15) is 52.7 Å². The van der Waals surface area contributed by atoms with Crippen LogP contribution in [0, 0.1) is 0 Å². The second-order valence-electron chi connectivity index (χ2n) is 10.4. The monoisotopic (exact) mass is 616 g/mol. The third kappa shape index (κ3) is 5.31. The van der Waals surface area contributed by atoms with Crippen LogP contribution in [-0.4, -0.2) is 53.7 Å². The lowest BCUT2D eigenvalue weighted by atomic mass is 9.83. The summed E-state index contributed by atoms with van der Waals surface area (Å²) in [5.41, 5.74) is 1.03. The molecule has 3 rings (SSSR count). The number of hydrogen-bond donors (Lipinski definition) is 0. The molecule has 0 N–H and O–H groups in total. The average molecular weight is 617 g/mol. The lowest BCUT2D eigenvalue weighted by Gasteiger charge is -2.47.